The zero-order valence-corrected chi connectivity index (χ0v) is 11.5. The first-order chi connectivity index (χ1) is 8.42. The summed E-state index contributed by atoms with van der Waals surface area (Å²) in [6.07, 6.45) is 0.978. The summed E-state index contributed by atoms with van der Waals surface area (Å²) < 4.78 is 13.8. The maximum atomic E-state index is 13.8. The predicted octanol–water partition coefficient (Wildman–Crippen LogP) is 2.95. The summed E-state index contributed by atoms with van der Waals surface area (Å²) in [5.41, 5.74) is 7.02. The van der Waals surface area contributed by atoms with Crippen molar-refractivity contribution in [3.63, 3.8) is 0 Å². The van der Waals surface area contributed by atoms with Gasteiger partial charge in [0.25, 0.3) is 0 Å². The lowest BCUT2D eigenvalue weighted by molar-refractivity contribution is 0.0652. The van der Waals surface area contributed by atoms with Gasteiger partial charge in [-0.05, 0) is 24.8 Å². The fourth-order valence-electron chi connectivity index (χ4n) is 2.76. The van der Waals surface area contributed by atoms with Gasteiger partial charge in [0.15, 0.2) is 0 Å². The number of rotatable bonds is 2. The second kappa shape index (κ2) is 4.98. The summed E-state index contributed by atoms with van der Waals surface area (Å²) in [5, 5.41) is 0. The Morgan fingerprint density at radius 2 is 2.06 bits per heavy atom. The Hall–Kier alpha value is -0.930. The van der Waals surface area contributed by atoms with Gasteiger partial charge in [0.05, 0.1) is 0 Å². The molecular weight excluding hydrogens is 227 g/mol. The van der Waals surface area contributed by atoms with E-state index in [0.29, 0.717) is 0 Å². The van der Waals surface area contributed by atoms with Gasteiger partial charge in [0.2, 0.25) is 0 Å². The summed E-state index contributed by atoms with van der Waals surface area (Å²) >= 11 is 0. The van der Waals surface area contributed by atoms with E-state index in [9.17, 15) is 4.39 Å². The molecule has 2 N–H and O–H groups in total. The van der Waals surface area contributed by atoms with E-state index in [1.165, 1.54) is 6.07 Å². The molecule has 1 aromatic carbocycles. The molecule has 1 aliphatic heterocycles. The molecule has 0 saturated carbocycles. The standard InChI is InChI=1S/C15H23FN2/c1-11(12-6-4-5-7-13(12)16)18-9-8-14(17)15(2,3)10-18/h4-7,11,14H,8-10,17H2,1-3H3. The lowest BCUT2D eigenvalue weighted by atomic mass is 9.79. The number of benzene rings is 1. The van der Waals surface area contributed by atoms with Crippen molar-refractivity contribution in [3.8, 4) is 0 Å². The Bertz CT molecular complexity index is 417. The summed E-state index contributed by atoms with van der Waals surface area (Å²) in [7, 11) is 0. The quantitative estimate of drug-likeness (QED) is 0.874. The first kappa shape index (κ1) is 13.5. The second-order valence-electron chi connectivity index (χ2n) is 6.05. The minimum Gasteiger partial charge on any atom is -0.327 e. The van der Waals surface area contributed by atoms with Crippen molar-refractivity contribution in [2.45, 2.75) is 39.3 Å². The SMILES string of the molecule is CC(c1ccccc1F)N1CCC(N)C(C)(C)C1. The normalized spacial score (nSPS) is 25.9. The molecule has 2 nitrogen and oxygen atoms in total. The van der Waals surface area contributed by atoms with Crippen molar-refractivity contribution in [1.29, 1.82) is 0 Å². The maximum Gasteiger partial charge on any atom is 0.127 e. The number of nitrogens with zero attached hydrogens (tertiary/aromatic N) is 1. The molecule has 2 unspecified atom stereocenters. The molecule has 3 heteroatoms. The molecule has 1 aliphatic rings. The van der Waals surface area contributed by atoms with E-state index >= 15 is 0 Å². The number of hydrogen-bond acceptors (Lipinski definition) is 2. The van der Waals surface area contributed by atoms with Gasteiger partial charge in [-0.3, -0.25) is 4.90 Å². The Kier molecular flexibility index (Phi) is 3.74. The molecule has 0 spiro atoms. The molecule has 18 heavy (non-hydrogen) atoms. The average Bonchev–Trinajstić information content (AvgIpc) is 2.32. The monoisotopic (exact) mass is 250 g/mol. The highest BCUT2D eigenvalue weighted by molar-refractivity contribution is 5.21. The molecule has 100 valence electrons. The highest BCUT2D eigenvalue weighted by Gasteiger charge is 2.35. The lowest BCUT2D eigenvalue weighted by Gasteiger charge is -2.45. The molecule has 1 fully saturated rings. The van der Waals surface area contributed by atoms with Crippen LogP contribution in [0.4, 0.5) is 4.39 Å². The topological polar surface area (TPSA) is 29.3 Å². The molecule has 1 aromatic rings. The van der Waals surface area contributed by atoms with Gasteiger partial charge >= 0.3 is 0 Å². The number of likely N-dealkylation sites (tertiary alicyclic amines) is 1. The van der Waals surface area contributed by atoms with E-state index in [4.69, 9.17) is 5.73 Å². The van der Waals surface area contributed by atoms with Gasteiger partial charge in [-0.25, -0.2) is 4.39 Å². The molecule has 2 rings (SSSR count). The first-order valence-corrected chi connectivity index (χ1v) is 6.66. The summed E-state index contributed by atoms with van der Waals surface area (Å²) in [6, 6.07) is 7.39. The highest BCUT2D eigenvalue weighted by atomic mass is 19.1. The molecule has 1 heterocycles. The van der Waals surface area contributed by atoms with Crippen LogP contribution in [-0.2, 0) is 0 Å². The minimum atomic E-state index is -0.113. The predicted molar refractivity (Wildman–Crippen MR) is 72.8 cm³/mol. The van der Waals surface area contributed by atoms with Gasteiger partial charge in [-0.15, -0.1) is 0 Å². The zero-order valence-electron chi connectivity index (χ0n) is 11.5. The Labute approximate surface area is 109 Å². The number of nitrogens with two attached hydrogens (primary N) is 1. The first-order valence-electron chi connectivity index (χ1n) is 6.66. The van der Waals surface area contributed by atoms with Crippen LogP contribution in [0.2, 0.25) is 0 Å². The molecule has 1 saturated heterocycles. The maximum absolute atomic E-state index is 13.8. The zero-order chi connectivity index (χ0) is 13.3. The Balaban J connectivity index is 2.16. The summed E-state index contributed by atoms with van der Waals surface area (Å²) in [5.74, 6) is -0.113. The van der Waals surface area contributed by atoms with Crippen LogP contribution in [0.3, 0.4) is 0 Å². The third kappa shape index (κ3) is 2.57. The van der Waals surface area contributed by atoms with Crippen molar-refractivity contribution in [3.05, 3.63) is 35.6 Å². The summed E-state index contributed by atoms with van der Waals surface area (Å²) in [4.78, 5) is 2.34. The van der Waals surface area contributed by atoms with E-state index in [-0.39, 0.29) is 23.3 Å². The highest BCUT2D eigenvalue weighted by Crippen LogP contribution is 2.33. The molecule has 0 bridgehead atoms. The van der Waals surface area contributed by atoms with Crippen LogP contribution < -0.4 is 5.73 Å². The number of halogens is 1. The van der Waals surface area contributed by atoms with Crippen LogP contribution in [0.5, 0.6) is 0 Å². The van der Waals surface area contributed by atoms with Crippen LogP contribution >= 0.6 is 0 Å². The van der Waals surface area contributed by atoms with Gasteiger partial charge in [-0.2, -0.15) is 0 Å². The smallest absolute Gasteiger partial charge is 0.127 e. The van der Waals surface area contributed by atoms with E-state index in [0.717, 1.165) is 25.1 Å². The van der Waals surface area contributed by atoms with E-state index in [2.05, 4.69) is 25.7 Å². The fourth-order valence-corrected chi connectivity index (χ4v) is 2.76. The van der Waals surface area contributed by atoms with Crippen LogP contribution in [0.1, 0.15) is 38.8 Å². The molecule has 0 radical (unpaired) electrons. The average molecular weight is 250 g/mol. The van der Waals surface area contributed by atoms with Gasteiger partial charge in [0, 0.05) is 30.7 Å². The molecule has 0 aliphatic carbocycles. The van der Waals surface area contributed by atoms with E-state index in [1.54, 1.807) is 6.07 Å². The van der Waals surface area contributed by atoms with Crippen molar-refractivity contribution >= 4 is 0 Å². The van der Waals surface area contributed by atoms with Crippen molar-refractivity contribution in [2.24, 2.45) is 11.1 Å². The van der Waals surface area contributed by atoms with Gasteiger partial charge < -0.3 is 5.73 Å². The second-order valence-corrected chi connectivity index (χ2v) is 6.05. The summed E-state index contributed by atoms with van der Waals surface area (Å²) in [6.45, 7) is 8.32. The van der Waals surface area contributed by atoms with Gasteiger partial charge in [-0.1, -0.05) is 32.0 Å². The largest absolute Gasteiger partial charge is 0.327 e. The number of hydrogen-bond donors (Lipinski definition) is 1. The minimum absolute atomic E-state index is 0.0950. The van der Waals surface area contributed by atoms with Crippen LogP contribution in [0.25, 0.3) is 0 Å². The van der Waals surface area contributed by atoms with E-state index in [1.807, 2.05) is 12.1 Å². The van der Waals surface area contributed by atoms with Crippen molar-refractivity contribution in [2.75, 3.05) is 13.1 Å². The van der Waals surface area contributed by atoms with Gasteiger partial charge in [0.1, 0.15) is 5.82 Å². The lowest BCUT2D eigenvalue weighted by Crippen LogP contribution is -2.52. The number of piperidine rings is 1. The van der Waals surface area contributed by atoms with Crippen LogP contribution in [0, 0.1) is 11.2 Å². The fraction of sp³-hybridized carbons (Fsp3) is 0.600. The Morgan fingerprint density at radius 3 is 2.67 bits per heavy atom. The van der Waals surface area contributed by atoms with Crippen LogP contribution in [-0.4, -0.2) is 24.0 Å². The molecule has 0 amide bonds. The van der Waals surface area contributed by atoms with Crippen molar-refractivity contribution in [1.82, 2.24) is 4.90 Å². The van der Waals surface area contributed by atoms with Crippen LogP contribution in [0.15, 0.2) is 24.3 Å². The molecule has 2 atom stereocenters. The Morgan fingerprint density at radius 1 is 1.39 bits per heavy atom. The molecule has 0 aromatic heterocycles. The third-order valence-electron chi connectivity index (χ3n) is 4.24. The van der Waals surface area contributed by atoms with E-state index < -0.39 is 0 Å². The third-order valence-corrected chi connectivity index (χ3v) is 4.24. The molecular formula is C15H23FN2. The van der Waals surface area contributed by atoms with Crippen molar-refractivity contribution < 1.29 is 4.39 Å².